The van der Waals surface area contributed by atoms with Gasteiger partial charge < -0.3 is 10.2 Å². The molecule has 1 aromatic rings. The number of benzene rings is 1. The van der Waals surface area contributed by atoms with Crippen LogP contribution in [0.5, 0.6) is 0 Å². The van der Waals surface area contributed by atoms with Crippen molar-refractivity contribution in [3.8, 4) is 0 Å². The first kappa shape index (κ1) is 16.2. The fourth-order valence-corrected chi connectivity index (χ4v) is 3.49. The Hall–Kier alpha value is -1.18. The lowest BCUT2D eigenvalue weighted by Crippen LogP contribution is -2.51. The van der Waals surface area contributed by atoms with Crippen LogP contribution in [0.3, 0.4) is 0 Å². The molecule has 0 atom stereocenters. The van der Waals surface area contributed by atoms with Crippen molar-refractivity contribution < 1.29 is 8.42 Å². The number of hydrogen-bond acceptors (Lipinski definition) is 3. The van der Waals surface area contributed by atoms with Gasteiger partial charge in [0.15, 0.2) is 5.11 Å². The normalized spacial score (nSPS) is 16.8. The van der Waals surface area contributed by atoms with Gasteiger partial charge in [0.25, 0.3) is 0 Å². The van der Waals surface area contributed by atoms with Gasteiger partial charge in [-0.15, -0.1) is 0 Å². The van der Waals surface area contributed by atoms with Crippen LogP contribution in [0.25, 0.3) is 0 Å². The van der Waals surface area contributed by atoms with Gasteiger partial charge in [0, 0.05) is 31.9 Å². The van der Waals surface area contributed by atoms with E-state index >= 15 is 0 Å². The molecule has 1 aliphatic rings. The molecule has 116 valence electrons. The Morgan fingerprint density at radius 3 is 2.43 bits per heavy atom. The number of aryl methyl sites for hydroxylation is 1. The van der Waals surface area contributed by atoms with E-state index in [1.807, 2.05) is 23.1 Å². The Labute approximate surface area is 132 Å². The molecule has 0 amide bonds. The van der Waals surface area contributed by atoms with Crippen LogP contribution in [0.2, 0.25) is 0 Å². The van der Waals surface area contributed by atoms with Crippen LogP contribution in [-0.4, -0.2) is 55.2 Å². The summed E-state index contributed by atoms with van der Waals surface area (Å²) < 4.78 is 24.5. The lowest BCUT2D eigenvalue weighted by molar-refractivity contribution is 0.270. The van der Waals surface area contributed by atoms with Gasteiger partial charge >= 0.3 is 0 Å². The van der Waals surface area contributed by atoms with E-state index < -0.39 is 10.0 Å². The maximum Gasteiger partial charge on any atom is 0.211 e. The summed E-state index contributed by atoms with van der Waals surface area (Å²) in [7, 11) is -3.10. The summed E-state index contributed by atoms with van der Waals surface area (Å²) in [5.74, 6) is 0. The number of piperazine rings is 1. The highest BCUT2D eigenvalue weighted by molar-refractivity contribution is 7.88. The summed E-state index contributed by atoms with van der Waals surface area (Å²) in [6, 6.07) is 8.08. The lowest BCUT2D eigenvalue weighted by atomic mass is 10.1. The molecule has 0 aliphatic carbocycles. The molecule has 1 aromatic carbocycles. The highest BCUT2D eigenvalue weighted by Crippen LogP contribution is 2.17. The molecule has 0 spiro atoms. The number of thiocarbonyl (C=S) groups is 1. The number of para-hydroxylation sites is 1. The molecule has 0 radical (unpaired) electrons. The van der Waals surface area contributed by atoms with Crippen molar-refractivity contribution >= 4 is 33.0 Å². The van der Waals surface area contributed by atoms with Crippen molar-refractivity contribution in [2.45, 2.75) is 13.3 Å². The molecule has 21 heavy (non-hydrogen) atoms. The zero-order valence-electron chi connectivity index (χ0n) is 12.4. The van der Waals surface area contributed by atoms with Crippen molar-refractivity contribution in [3.05, 3.63) is 29.8 Å². The van der Waals surface area contributed by atoms with Crippen molar-refractivity contribution in [2.24, 2.45) is 0 Å². The van der Waals surface area contributed by atoms with Crippen LogP contribution >= 0.6 is 12.2 Å². The van der Waals surface area contributed by atoms with Crippen LogP contribution in [0.15, 0.2) is 24.3 Å². The van der Waals surface area contributed by atoms with Gasteiger partial charge in [-0.25, -0.2) is 8.42 Å². The lowest BCUT2D eigenvalue weighted by Gasteiger charge is -2.35. The second kappa shape index (κ2) is 6.72. The summed E-state index contributed by atoms with van der Waals surface area (Å²) in [6.45, 7) is 4.31. The Balaban J connectivity index is 1.97. The van der Waals surface area contributed by atoms with E-state index in [1.54, 1.807) is 0 Å². The van der Waals surface area contributed by atoms with E-state index in [4.69, 9.17) is 12.2 Å². The Morgan fingerprint density at radius 1 is 1.24 bits per heavy atom. The number of nitrogens with one attached hydrogen (secondary N) is 1. The molecule has 1 aliphatic heterocycles. The Morgan fingerprint density at radius 2 is 1.86 bits per heavy atom. The minimum atomic E-state index is -3.10. The quantitative estimate of drug-likeness (QED) is 0.853. The molecule has 0 bridgehead atoms. The van der Waals surface area contributed by atoms with Crippen molar-refractivity contribution in [1.82, 2.24) is 9.21 Å². The van der Waals surface area contributed by atoms with Crippen molar-refractivity contribution in [3.63, 3.8) is 0 Å². The monoisotopic (exact) mass is 327 g/mol. The SMILES string of the molecule is CCc1ccccc1NC(=S)N1CCN(S(C)(=O)=O)CC1. The number of anilines is 1. The van der Waals surface area contributed by atoms with Gasteiger partial charge in [-0.2, -0.15) is 4.31 Å². The van der Waals surface area contributed by atoms with Crippen molar-refractivity contribution in [2.75, 3.05) is 37.8 Å². The van der Waals surface area contributed by atoms with Gasteiger partial charge in [0.05, 0.1) is 6.26 Å². The van der Waals surface area contributed by atoms with Crippen LogP contribution in [0.4, 0.5) is 5.69 Å². The van der Waals surface area contributed by atoms with Crippen LogP contribution < -0.4 is 5.32 Å². The molecule has 0 aromatic heterocycles. The number of sulfonamides is 1. The van der Waals surface area contributed by atoms with Gasteiger partial charge in [-0.05, 0) is 30.3 Å². The molecule has 1 heterocycles. The van der Waals surface area contributed by atoms with Crippen LogP contribution in [0.1, 0.15) is 12.5 Å². The summed E-state index contributed by atoms with van der Waals surface area (Å²) >= 11 is 5.44. The number of nitrogens with zero attached hydrogens (tertiary/aromatic N) is 2. The van der Waals surface area contributed by atoms with E-state index in [0.29, 0.717) is 31.3 Å². The predicted molar refractivity (Wildman–Crippen MR) is 90.0 cm³/mol. The summed E-state index contributed by atoms with van der Waals surface area (Å²) in [5.41, 5.74) is 2.24. The minimum absolute atomic E-state index is 0.482. The molecular formula is C14H21N3O2S2. The molecule has 2 rings (SSSR count). The van der Waals surface area contributed by atoms with Gasteiger partial charge in [-0.3, -0.25) is 0 Å². The molecule has 5 nitrogen and oxygen atoms in total. The van der Waals surface area contributed by atoms with Gasteiger partial charge in [0.1, 0.15) is 0 Å². The average Bonchev–Trinajstić information content (AvgIpc) is 2.47. The molecular weight excluding hydrogens is 306 g/mol. The van der Waals surface area contributed by atoms with E-state index in [9.17, 15) is 8.42 Å². The minimum Gasteiger partial charge on any atom is -0.346 e. The maximum absolute atomic E-state index is 11.5. The molecule has 0 unspecified atom stereocenters. The van der Waals surface area contributed by atoms with Crippen LogP contribution in [0, 0.1) is 0 Å². The maximum atomic E-state index is 11.5. The number of hydrogen-bond donors (Lipinski definition) is 1. The van der Waals surface area contributed by atoms with E-state index in [-0.39, 0.29) is 0 Å². The summed E-state index contributed by atoms with van der Waals surface area (Å²) in [4.78, 5) is 2.02. The summed E-state index contributed by atoms with van der Waals surface area (Å²) in [5, 5.41) is 3.93. The molecule has 7 heteroatoms. The third kappa shape index (κ3) is 4.15. The third-order valence-electron chi connectivity index (χ3n) is 3.63. The first-order valence-corrected chi connectivity index (χ1v) is 9.26. The van der Waals surface area contributed by atoms with Crippen LogP contribution in [-0.2, 0) is 16.4 Å². The van der Waals surface area contributed by atoms with E-state index in [0.717, 1.165) is 12.1 Å². The average molecular weight is 327 g/mol. The largest absolute Gasteiger partial charge is 0.346 e. The molecule has 1 N–H and O–H groups in total. The second-order valence-corrected chi connectivity index (χ2v) is 7.46. The smallest absolute Gasteiger partial charge is 0.211 e. The van der Waals surface area contributed by atoms with Gasteiger partial charge in [-0.1, -0.05) is 25.1 Å². The molecule has 1 fully saturated rings. The second-order valence-electron chi connectivity index (χ2n) is 5.09. The predicted octanol–water partition coefficient (Wildman–Crippen LogP) is 1.52. The van der Waals surface area contributed by atoms with E-state index in [1.165, 1.54) is 16.1 Å². The van der Waals surface area contributed by atoms with Gasteiger partial charge in [0.2, 0.25) is 10.0 Å². The Bertz CT molecular complexity index is 608. The Kier molecular flexibility index (Phi) is 5.18. The van der Waals surface area contributed by atoms with Crippen molar-refractivity contribution in [1.29, 1.82) is 0 Å². The zero-order valence-corrected chi connectivity index (χ0v) is 14.0. The number of rotatable bonds is 3. The topological polar surface area (TPSA) is 52.6 Å². The first-order chi connectivity index (χ1) is 9.91. The first-order valence-electron chi connectivity index (χ1n) is 7.00. The zero-order chi connectivity index (χ0) is 15.5. The fraction of sp³-hybridized carbons (Fsp3) is 0.500. The summed E-state index contributed by atoms with van der Waals surface area (Å²) in [6.07, 6.45) is 2.18. The fourth-order valence-electron chi connectivity index (χ4n) is 2.37. The van der Waals surface area contributed by atoms with E-state index in [2.05, 4.69) is 18.3 Å². The highest BCUT2D eigenvalue weighted by atomic mass is 32.2. The molecule has 1 saturated heterocycles. The standard InChI is InChI=1S/C14H21N3O2S2/c1-3-12-6-4-5-7-13(12)15-14(20)16-8-10-17(11-9-16)21(2,18)19/h4-7H,3,8-11H2,1-2H3,(H,15,20). The molecule has 0 saturated carbocycles. The third-order valence-corrected chi connectivity index (χ3v) is 5.30. The highest BCUT2D eigenvalue weighted by Gasteiger charge is 2.24.